The average molecular weight is 290 g/mol. The maximum atomic E-state index is 12.3. The van der Waals surface area contributed by atoms with Crippen LogP contribution in [0.2, 0.25) is 0 Å². The maximum Gasteiger partial charge on any atom is 0.339 e. The second kappa shape index (κ2) is 4.88. The summed E-state index contributed by atoms with van der Waals surface area (Å²) in [6, 6.07) is 17.9. The van der Waals surface area contributed by atoms with Crippen molar-refractivity contribution in [2.24, 2.45) is 0 Å². The van der Waals surface area contributed by atoms with E-state index in [9.17, 15) is 4.79 Å². The topological polar surface area (TPSA) is 35.5 Å². The van der Waals surface area contributed by atoms with Gasteiger partial charge in [-0.25, -0.2) is 4.79 Å². The minimum Gasteiger partial charge on any atom is -0.496 e. The lowest BCUT2D eigenvalue weighted by Crippen LogP contribution is -2.00. The predicted octanol–water partition coefficient (Wildman–Crippen LogP) is 4.19. The molecule has 0 aromatic heterocycles. The van der Waals surface area contributed by atoms with Crippen LogP contribution in [-0.4, -0.2) is 13.1 Å². The van der Waals surface area contributed by atoms with Gasteiger partial charge in [-0.3, -0.25) is 0 Å². The summed E-state index contributed by atoms with van der Waals surface area (Å²) in [5.74, 6) is 0.453. The van der Waals surface area contributed by atoms with Crippen LogP contribution in [-0.2, 0) is 11.3 Å². The van der Waals surface area contributed by atoms with Crippen LogP contribution in [0, 0.1) is 0 Å². The van der Waals surface area contributed by atoms with Crippen molar-refractivity contribution in [3.63, 3.8) is 0 Å². The summed E-state index contributed by atoms with van der Waals surface area (Å²) >= 11 is 0. The van der Waals surface area contributed by atoms with Crippen molar-refractivity contribution in [2.45, 2.75) is 6.61 Å². The quantitative estimate of drug-likeness (QED) is 0.664. The van der Waals surface area contributed by atoms with Crippen molar-refractivity contribution < 1.29 is 14.3 Å². The third-order valence-corrected chi connectivity index (χ3v) is 4.09. The molecule has 4 rings (SSSR count). The second-order valence-electron chi connectivity index (χ2n) is 5.25. The van der Waals surface area contributed by atoms with Crippen molar-refractivity contribution in [3.05, 3.63) is 65.7 Å². The number of fused-ring (bicyclic) bond motifs is 2. The Morgan fingerprint density at radius 2 is 1.59 bits per heavy atom. The van der Waals surface area contributed by atoms with Crippen LogP contribution < -0.4 is 4.74 Å². The summed E-state index contributed by atoms with van der Waals surface area (Å²) in [5.41, 5.74) is 3.40. The fourth-order valence-electron chi connectivity index (χ4n) is 3.17. The smallest absolute Gasteiger partial charge is 0.339 e. The number of hydrogen-bond acceptors (Lipinski definition) is 3. The van der Waals surface area contributed by atoms with Gasteiger partial charge in [-0.05, 0) is 10.9 Å². The van der Waals surface area contributed by atoms with Crippen molar-refractivity contribution in [1.29, 1.82) is 0 Å². The first-order chi connectivity index (χ1) is 10.8. The summed E-state index contributed by atoms with van der Waals surface area (Å²) in [6.45, 7) is 0.266. The van der Waals surface area contributed by atoms with E-state index in [-0.39, 0.29) is 12.6 Å². The van der Waals surface area contributed by atoms with E-state index in [1.807, 2.05) is 54.6 Å². The lowest BCUT2D eigenvalue weighted by molar-refractivity contribution is 0.0535. The molecule has 3 heteroatoms. The summed E-state index contributed by atoms with van der Waals surface area (Å²) in [7, 11) is 1.63. The highest BCUT2D eigenvalue weighted by Gasteiger charge is 2.31. The van der Waals surface area contributed by atoms with Crippen LogP contribution in [0.25, 0.3) is 21.9 Å². The number of carbonyl (C=O) groups excluding carboxylic acids is 1. The number of carbonyl (C=O) groups is 1. The molecule has 0 fully saturated rings. The number of methoxy groups -OCH3 is 1. The van der Waals surface area contributed by atoms with Gasteiger partial charge in [0.2, 0.25) is 0 Å². The van der Waals surface area contributed by atoms with Gasteiger partial charge in [0.25, 0.3) is 0 Å². The van der Waals surface area contributed by atoms with Gasteiger partial charge < -0.3 is 9.47 Å². The van der Waals surface area contributed by atoms with Crippen LogP contribution in [0.4, 0.5) is 0 Å². The molecule has 3 nitrogen and oxygen atoms in total. The Hall–Kier alpha value is -2.81. The molecule has 0 N–H and O–H groups in total. The minimum atomic E-state index is -0.280. The Labute approximate surface area is 128 Å². The number of ether oxygens (including phenoxy) is 2. The third kappa shape index (κ3) is 1.72. The van der Waals surface area contributed by atoms with Crippen LogP contribution in [0.1, 0.15) is 15.9 Å². The molecule has 3 aromatic carbocycles. The van der Waals surface area contributed by atoms with Gasteiger partial charge >= 0.3 is 5.97 Å². The molecule has 0 radical (unpaired) electrons. The SMILES string of the molecule is COc1c2c(c(-c3ccccc3)c3ccccc13)C(=O)OC2. The van der Waals surface area contributed by atoms with E-state index in [1.54, 1.807) is 7.11 Å². The zero-order valence-corrected chi connectivity index (χ0v) is 12.1. The lowest BCUT2D eigenvalue weighted by atomic mass is 9.90. The van der Waals surface area contributed by atoms with Crippen LogP contribution in [0.5, 0.6) is 5.75 Å². The Morgan fingerprint density at radius 1 is 0.909 bits per heavy atom. The highest BCUT2D eigenvalue weighted by atomic mass is 16.5. The van der Waals surface area contributed by atoms with Gasteiger partial charge in [0.1, 0.15) is 12.4 Å². The first-order valence-corrected chi connectivity index (χ1v) is 7.15. The van der Waals surface area contributed by atoms with E-state index in [2.05, 4.69) is 0 Å². The molecule has 22 heavy (non-hydrogen) atoms. The molecule has 108 valence electrons. The summed E-state index contributed by atoms with van der Waals surface area (Å²) in [6.07, 6.45) is 0. The number of rotatable bonds is 2. The molecular weight excluding hydrogens is 276 g/mol. The second-order valence-corrected chi connectivity index (χ2v) is 5.25. The largest absolute Gasteiger partial charge is 0.496 e. The van der Waals surface area contributed by atoms with E-state index >= 15 is 0 Å². The summed E-state index contributed by atoms with van der Waals surface area (Å²) in [4.78, 5) is 12.3. The maximum absolute atomic E-state index is 12.3. The van der Waals surface area contributed by atoms with E-state index in [4.69, 9.17) is 9.47 Å². The molecular formula is C19H14O3. The van der Waals surface area contributed by atoms with Gasteiger partial charge in [0.05, 0.1) is 12.7 Å². The molecule has 0 atom stereocenters. The highest BCUT2D eigenvalue weighted by molar-refractivity contribution is 6.13. The molecule has 0 saturated carbocycles. The molecule has 0 unspecified atom stereocenters. The van der Waals surface area contributed by atoms with Crippen molar-refractivity contribution >= 4 is 16.7 Å². The van der Waals surface area contributed by atoms with E-state index in [1.165, 1.54) is 0 Å². The summed E-state index contributed by atoms with van der Waals surface area (Å²) in [5, 5.41) is 2.00. The van der Waals surface area contributed by atoms with Gasteiger partial charge in [0, 0.05) is 16.5 Å². The van der Waals surface area contributed by atoms with E-state index in [0.717, 1.165) is 33.2 Å². The lowest BCUT2D eigenvalue weighted by Gasteiger charge is -2.15. The third-order valence-electron chi connectivity index (χ3n) is 4.09. The molecule has 0 amide bonds. The minimum absolute atomic E-state index is 0.266. The van der Waals surface area contributed by atoms with Crippen LogP contribution in [0.15, 0.2) is 54.6 Å². The van der Waals surface area contributed by atoms with Crippen LogP contribution >= 0.6 is 0 Å². The van der Waals surface area contributed by atoms with Crippen LogP contribution in [0.3, 0.4) is 0 Å². The van der Waals surface area contributed by atoms with Gasteiger partial charge in [-0.15, -0.1) is 0 Å². The first kappa shape index (κ1) is 12.9. The summed E-state index contributed by atoms with van der Waals surface area (Å²) < 4.78 is 10.9. The standard InChI is InChI=1S/C19H14O3/c1-21-18-14-10-6-5-9-13(14)16(12-7-3-2-4-8-12)17-15(18)11-22-19(17)20/h2-10H,11H2,1H3. The molecule has 1 heterocycles. The molecule has 3 aromatic rings. The van der Waals surface area contributed by atoms with E-state index < -0.39 is 0 Å². The van der Waals surface area contributed by atoms with Crippen molar-refractivity contribution in [2.75, 3.05) is 7.11 Å². The average Bonchev–Trinajstić information content (AvgIpc) is 2.95. The van der Waals surface area contributed by atoms with Gasteiger partial charge in [-0.2, -0.15) is 0 Å². The Bertz CT molecular complexity index is 882. The van der Waals surface area contributed by atoms with Gasteiger partial charge in [0.15, 0.2) is 0 Å². The number of benzene rings is 3. The zero-order valence-electron chi connectivity index (χ0n) is 12.1. The zero-order chi connectivity index (χ0) is 15.1. The van der Waals surface area contributed by atoms with Crippen molar-refractivity contribution in [3.8, 4) is 16.9 Å². The monoisotopic (exact) mass is 290 g/mol. The highest BCUT2D eigenvalue weighted by Crippen LogP contribution is 2.44. The fourth-order valence-corrected chi connectivity index (χ4v) is 3.17. The Kier molecular flexibility index (Phi) is 2.86. The molecule has 0 spiro atoms. The molecule has 1 aliphatic rings. The number of esters is 1. The Balaban J connectivity index is 2.20. The predicted molar refractivity (Wildman–Crippen MR) is 85.1 cm³/mol. The number of hydrogen-bond donors (Lipinski definition) is 0. The van der Waals surface area contributed by atoms with Gasteiger partial charge in [-0.1, -0.05) is 54.6 Å². The van der Waals surface area contributed by atoms with Crippen molar-refractivity contribution in [1.82, 2.24) is 0 Å². The molecule has 1 aliphatic heterocycles. The normalized spacial score (nSPS) is 13.0. The Morgan fingerprint density at radius 3 is 2.32 bits per heavy atom. The first-order valence-electron chi connectivity index (χ1n) is 7.15. The molecule has 0 bridgehead atoms. The van der Waals surface area contributed by atoms with E-state index in [0.29, 0.717) is 5.56 Å². The fraction of sp³-hybridized carbons (Fsp3) is 0.105. The number of cyclic esters (lactones) is 1. The molecule has 0 aliphatic carbocycles. The molecule has 0 saturated heterocycles.